The Balaban J connectivity index is 1.56. The number of hydrogen-bond donors (Lipinski definition) is 3. The molecule has 2 saturated carbocycles. The Hall–Kier alpha value is -1.71. The molecule has 0 spiro atoms. The van der Waals surface area contributed by atoms with Gasteiger partial charge in [0.15, 0.2) is 0 Å². The Kier molecular flexibility index (Phi) is 2.65. The van der Waals surface area contributed by atoms with Crippen LogP contribution in [-0.2, 0) is 0 Å². The molecule has 106 valence electrons. The Labute approximate surface area is 119 Å². The lowest BCUT2D eigenvalue weighted by molar-refractivity contribution is 0.304. The summed E-state index contributed by atoms with van der Waals surface area (Å²) in [5, 5.41) is 11.8. The highest BCUT2D eigenvalue weighted by Gasteiger charge is 2.41. The molecule has 0 aliphatic heterocycles. The summed E-state index contributed by atoms with van der Waals surface area (Å²) >= 11 is 0. The number of benzene rings is 1. The zero-order valence-electron chi connectivity index (χ0n) is 11.9. The molecule has 20 heavy (non-hydrogen) atoms. The van der Waals surface area contributed by atoms with E-state index in [1.807, 2.05) is 12.3 Å². The fraction of sp³-hybridized carbons (Fsp3) is 0.562. The molecule has 4 heteroatoms. The number of aromatic amines is 1. The normalized spacial score (nSPS) is 29.9. The monoisotopic (exact) mass is 270 g/mol. The maximum atomic E-state index is 6.16. The fourth-order valence-electron chi connectivity index (χ4n) is 4.39. The topological polar surface area (TPSA) is 66.7 Å². The van der Waals surface area contributed by atoms with Crippen LogP contribution >= 0.6 is 0 Å². The van der Waals surface area contributed by atoms with Gasteiger partial charge in [-0.05, 0) is 56.1 Å². The molecule has 2 aliphatic rings. The van der Waals surface area contributed by atoms with Gasteiger partial charge in [0, 0.05) is 11.4 Å². The summed E-state index contributed by atoms with van der Waals surface area (Å²) in [5.41, 5.74) is 9.06. The van der Waals surface area contributed by atoms with Crippen molar-refractivity contribution in [2.45, 2.75) is 38.6 Å². The predicted octanol–water partition coefficient (Wildman–Crippen LogP) is 3.38. The molecular weight excluding hydrogens is 248 g/mol. The molecule has 4 unspecified atom stereocenters. The zero-order valence-corrected chi connectivity index (χ0v) is 11.9. The van der Waals surface area contributed by atoms with E-state index in [9.17, 15) is 0 Å². The first-order chi connectivity index (χ1) is 9.70. The molecule has 2 bridgehead atoms. The zero-order chi connectivity index (χ0) is 13.7. The van der Waals surface area contributed by atoms with Crippen molar-refractivity contribution >= 4 is 22.3 Å². The molecule has 0 radical (unpaired) electrons. The molecule has 2 aromatic rings. The first kappa shape index (κ1) is 12.1. The third-order valence-corrected chi connectivity index (χ3v) is 5.43. The van der Waals surface area contributed by atoms with Crippen LogP contribution in [0.4, 0.5) is 11.4 Å². The van der Waals surface area contributed by atoms with Gasteiger partial charge >= 0.3 is 0 Å². The molecule has 4 rings (SSSR count). The number of nitrogens with one attached hydrogen (secondary N) is 2. The van der Waals surface area contributed by atoms with Gasteiger partial charge < -0.3 is 11.1 Å². The van der Waals surface area contributed by atoms with Crippen molar-refractivity contribution < 1.29 is 0 Å². The van der Waals surface area contributed by atoms with E-state index >= 15 is 0 Å². The van der Waals surface area contributed by atoms with E-state index in [0.29, 0.717) is 6.04 Å². The van der Waals surface area contributed by atoms with Crippen LogP contribution in [0.2, 0.25) is 0 Å². The molecule has 0 saturated heterocycles. The first-order valence-corrected chi connectivity index (χ1v) is 7.70. The van der Waals surface area contributed by atoms with Crippen LogP contribution in [0, 0.1) is 17.8 Å². The van der Waals surface area contributed by atoms with Gasteiger partial charge in [-0.2, -0.15) is 5.10 Å². The van der Waals surface area contributed by atoms with Crippen LogP contribution in [0.15, 0.2) is 18.3 Å². The SMILES string of the molecule is CC(Nc1cc2[nH]ncc2cc1N)C1CC2CCC1C2. The molecule has 0 amide bonds. The minimum Gasteiger partial charge on any atom is -0.397 e. The number of hydrogen-bond acceptors (Lipinski definition) is 3. The standard InChI is InChI=1S/C16H22N4/c1-9(13-5-10-2-3-11(13)4-10)19-16-7-15-12(6-14(16)17)8-18-20-15/h6-11,13,19H,2-5,17H2,1H3,(H,18,20). The van der Waals surface area contributed by atoms with Gasteiger partial charge in [0.2, 0.25) is 0 Å². The third-order valence-electron chi connectivity index (χ3n) is 5.43. The molecule has 4 nitrogen and oxygen atoms in total. The van der Waals surface area contributed by atoms with Gasteiger partial charge in [-0.1, -0.05) is 6.42 Å². The highest BCUT2D eigenvalue weighted by atomic mass is 15.1. The van der Waals surface area contributed by atoms with Crippen molar-refractivity contribution in [2.75, 3.05) is 11.1 Å². The van der Waals surface area contributed by atoms with Gasteiger partial charge in [0.25, 0.3) is 0 Å². The van der Waals surface area contributed by atoms with Crippen LogP contribution in [0.3, 0.4) is 0 Å². The highest BCUT2D eigenvalue weighted by Crippen LogP contribution is 2.50. The average Bonchev–Trinajstić information content (AvgIpc) is 3.13. The predicted molar refractivity (Wildman–Crippen MR) is 82.5 cm³/mol. The minimum absolute atomic E-state index is 0.493. The summed E-state index contributed by atoms with van der Waals surface area (Å²) in [4.78, 5) is 0. The Bertz CT molecular complexity index is 632. The first-order valence-electron chi connectivity index (χ1n) is 7.70. The summed E-state index contributed by atoms with van der Waals surface area (Å²) in [5.74, 6) is 2.73. The summed E-state index contributed by atoms with van der Waals surface area (Å²) in [6.45, 7) is 2.31. The summed E-state index contributed by atoms with van der Waals surface area (Å²) in [7, 11) is 0. The molecule has 1 heterocycles. The van der Waals surface area contributed by atoms with Gasteiger partial charge in [0.05, 0.1) is 23.1 Å². The van der Waals surface area contributed by atoms with Crippen LogP contribution in [0.1, 0.15) is 32.6 Å². The van der Waals surface area contributed by atoms with Crippen molar-refractivity contribution in [3.05, 3.63) is 18.3 Å². The second-order valence-electron chi connectivity index (χ2n) is 6.67. The van der Waals surface area contributed by atoms with Crippen LogP contribution < -0.4 is 11.1 Å². The van der Waals surface area contributed by atoms with Gasteiger partial charge in [0.1, 0.15) is 0 Å². The van der Waals surface area contributed by atoms with Crippen molar-refractivity contribution in [3.8, 4) is 0 Å². The Morgan fingerprint density at radius 1 is 1.35 bits per heavy atom. The molecule has 2 fully saturated rings. The lowest BCUT2D eigenvalue weighted by Gasteiger charge is -2.29. The third kappa shape index (κ3) is 1.86. The van der Waals surface area contributed by atoms with Gasteiger partial charge in [-0.15, -0.1) is 0 Å². The van der Waals surface area contributed by atoms with Crippen molar-refractivity contribution in [1.29, 1.82) is 0 Å². The summed E-state index contributed by atoms with van der Waals surface area (Å²) in [6, 6.07) is 4.57. The number of nitrogen functional groups attached to an aromatic ring is 1. The number of nitrogens with two attached hydrogens (primary N) is 1. The second kappa shape index (κ2) is 4.40. The molecule has 4 N–H and O–H groups in total. The van der Waals surface area contributed by atoms with Crippen LogP contribution in [0.5, 0.6) is 0 Å². The molecule has 2 aliphatic carbocycles. The van der Waals surface area contributed by atoms with E-state index in [2.05, 4.69) is 28.5 Å². The largest absolute Gasteiger partial charge is 0.397 e. The summed E-state index contributed by atoms with van der Waals surface area (Å²) in [6.07, 6.45) is 7.54. The fourth-order valence-corrected chi connectivity index (χ4v) is 4.39. The van der Waals surface area contributed by atoms with Crippen LogP contribution in [-0.4, -0.2) is 16.2 Å². The van der Waals surface area contributed by atoms with Crippen LogP contribution in [0.25, 0.3) is 10.9 Å². The smallest absolute Gasteiger partial charge is 0.0672 e. The van der Waals surface area contributed by atoms with Gasteiger partial charge in [-0.25, -0.2) is 0 Å². The number of nitrogens with zero attached hydrogens (tertiary/aromatic N) is 1. The Morgan fingerprint density at radius 2 is 2.25 bits per heavy atom. The van der Waals surface area contributed by atoms with E-state index < -0.39 is 0 Å². The summed E-state index contributed by atoms with van der Waals surface area (Å²) < 4.78 is 0. The van der Waals surface area contributed by atoms with Gasteiger partial charge in [-0.3, -0.25) is 5.10 Å². The number of aromatic nitrogens is 2. The maximum Gasteiger partial charge on any atom is 0.0672 e. The molecule has 4 atom stereocenters. The van der Waals surface area contributed by atoms with Crippen molar-refractivity contribution in [2.24, 2.45) is 17.8 Å². The molecule has 1 aromatic carbocycles. The van der Waals surface area contributed by atoms with E-state index in [1.165, 1.54) is 25.7 Å². The van der Waals surface area contributed by atoms with E-state index in [1.54, 1.807) is 0 Å². The van der Waals surface area contributed by atoms with E-state index in [-0.39, 0.29) is 0 Å². The molecule has 1 aromatic heterocycles. The van der Waals surface area contributed by atoms with E-state index in [4.69, 9.17) is 5.73 Å². The number of fused-ring (bicyclic) bond motifs is 3. The van der Waals surface area contributed by atoms with Crippen molar-refractivity contribution in [1.82, 2.24) is 10.2 Å². The quantitative estimate of drug-likeness (QED) is 0.749. The number of H-pyrrole nitrogens is 1. The lowest BCUT2D eigenvalue weighted by Crippen LogP contribution is -2.30. The highest BCUT2D eigenvalue weighted by molar-refractivity contribution is 5.88. The number of rotatable bonds is 3. The maximum absolute atomic E-state index is 6.16. The minimum atomic E-state index is 0.493. The number of anilines is 2. The van der Waals surface area contributed by atoms with E-state index in [0.717, 1.165) is 40.0 Å². The molecular formula is C16H22N4. The average molecular weight is 270 g/mol. The van der Waals surface area contributed by atoms with Crippen molar-refractivity contribution in [3.63, 3.8) is 0 Å². The second-order valence-corrected chi connectivity index (χ2v) is 6.67. The lowest BCUT2D eigenvalue weighted by atomic mass is 9.84. The Morgan fingerprint density at radius 3 is 3.00 bits per heavy atom.